The summed E-state index contributed by atoms with van der Waals surface area (Å²) in [5.41, 5.74) is 1.04. The number of nitrogens with one attached hydrogen (secondary N) is 2. The van der Waals surface area contributed by atoms with E-state index >= 15 is 0 Å². The molecule has 8 heteroatoms. The number of hydrogen-bond acceptors (Lipinski definition) is 5. The van der Waals surface area contributed by atoms with Crippen LogP contribution in [0.3, 0.4) is 0 Å². The van der Waals surface area contributed by atoms with Gasteiger partial charge in [-0.1, -0.05) is 0 Å². The Bertz CT molecular complexity index is 812. The predicted octanol–water partition coefficient (Wildman–Crippen LogP) is 0.835. The molecule has 8 nitrogen and oxygen atoms in total. The van der Waals surface area contributed by atoms with Crippen molar-refractivity contribution in [3.63, 3.8) is 0 Å². The second-order valence-electron chi connectivity index (χ2n) is 5.25. The summed E-state index contributed by atoms with van der Waals surface area (Å²) in [5.74, 6) is 0.481. The van der Waals surface area contributed by atoms with Crippen molar-refractivity contribution >= 4 is 34.8 Å². The molecule has 0 aromatic carbocycles. The first-order valence-corrected chi connectivity index (χ1v) is 6.94. The van der Waals surface area contributed by atoms with Crippen molar-refractivity contribution < 1.29 is 18.8 Å². The van der Waals surface area contributed by atoms with Gasteiger partial charge in [0.1, 0.15) is 17.1 Å². The van der Waals surface area contributed by atoms with Gasteiger partial charge >= 0.3 is 6.03 Å². The van der Waals surface area contributed by atoms with Crippen LogP contribution in [0, 0.1) is 0 Å². The smallest absolute Gasteiger partial charge is 0.322 e. The van der Waals surface area contributed by atoms with Crippen molar-refractivity contribution in [3.8, 4) is 0 Å². The number of imide groups is 1. The van der Waals surface area contributed by atoms with Crippen molar-refractivity contribution in [3.05, 3.63) is 24.0 Å². The van der Waals surface area contributed by atoms with Crippen LogP contribution in [0.4, 0.5) is 10.6 Å². The summed E-state index contributed by atoms with van der Waals surface area (Å²) in [5, 5.41) is 4.62. The van der Waals surface area contributed by atoms with E-state index in [1.807, 2.05) is 0 Å². The third-order valence-corrected chi connectivity index (χ3v) is 3.79. The normalized spacial score (nSPS) is 21.5. The van der Waals surface area contributed by atoms with Crippen molar-refractivity contribution in [1.29, 1.82) is 0 Å². The van der Waals surface area contributed by atoms with Gasteiger partial charge in [0.05, 0.1) is 0 Å². The van der Waals surface area contributed by atoms with Crippen LogP contribution in [0.15, 0.2) is 22.6 Å². The maximum absolute atomic E-state index is 11.8. The number of urea groups is 1. The SMILES string of the molecule is O=C1NC(=O)[C@H](c2cc3nc(N4CCCC4=O)ccc3o2)N1. The first kappa shape index (κ1) is 12.8. The van der Waals surface area contributed by atoms with Gasteiger partial charge in [-0.15, -0.1) is 0 Å². The maximum atomic E-state index is 11.8. The highest BCUT2D eigenvalue weighted by Gasteiger charge is 2.34. The quantitative estimate of drug-likeness (QED) is 0.799. The van der Waals surface area contributed by atoms with Gasteiger partial charge in [0.2, 0.25) is 5.91 Å². The van der Waals surface area contributed by atoms with Crippen LogP contribution in [0.25, 0.3) is 11.1 Å². The molecule has 2 N–H and O–H groups in total. The molecule has 0 radical (unpaired) electrons. The van der Waals surface area contributed by atoms with Gasteiger partial charge in [-0.3, -0.25) is 19.8 Å². The summed E-state index contributed by atoms with van der Waals surface area (Å²) in [6, 6.07) is 3.63. The van der Waals surface area contributed by atoms with Crippen LogP contribution in [-0.2, 0) is 9.59 Å². The number of carbonyl (C=O) groups excluding carboxylic acids is 3. The highest BCUT2D eigenvalue weighted by Crippen LogP contribution is 2.27. The number of carbonyl (C=O) groups is 3. The van der Waals surface area contributed by atoms with Gasteiger partial charge < -0.3 is 9.73 Å². The molecule has 2 aliphatic heterocycles. The third-order valence-electron chi connectivity index (χ3n) is 3.79. The lowest BCUT2D eigenvalue weighted by Crippen LogP contribution is -2.24. The Kier molecular flexibility index (Phi) is 2.65. The minimum Gasteiger partial charge on any atom is -0.457 e. The molecule has 2 aromatic rings. The maximum Gasteiger partial charge on any atom is 0.322 e. The van der Waals surface area contributed by atoms with E-state index < -0.39 is 18.0 Å². The van der Waals surface area contributed by atoms with E-state index in [0.717, 1.165) is 6.42 Å². The van der Waals surface area contributed by atoms with Crippen molar-refractivity contribution in [2.75, 3.05) is 11.4 Å². The molecule has 112 valence electrons. The molecular weight excluding hydrogens is 288 g/mol. The van der Waals surface area contributed by atoms with E-state index in [1.165, 1.54) is 0 Å². The Hall–Kier alpha value is -2.90. The van der Waals surface area contributed by atoms with Gasteiger partial charge in [-0.25, -0.2) is 9.78 Å². The number of fused-ring (bicyclic) bond motifs is 1. The monoisotopic (exact) mass is 300 g/mol. The van der Waals surface area contributed by atoms with E-state index in [4.69, 9.17) is 4.42 Å². The number of nitrogens with zero attached hydrogens (tertiary/aromatic N) is 2. The van der Waals surface area contributed by atoms with Crippen molar-refractivity contribution in [2.24, 2.45) is 0 Å². The van der Waals surface area contributed by atoms with Crippen molar-refractivity contribution in [2.45, 2.75) is 18.9 Å². The fourth-order valence-corrected chi connectivity index (χ4v) is 2.73. The predicted molar refractivity (Wildman–Crippen MR) is 75.0 cm³/mol. The Morgan fingerprint density at radius 3 is 2.82 bits per heavy atom. The number of amides is 4. The summed E-state index contributed by atoms with van der Waals surface area (Å²) in [6.07, 6.45) is 1.36. The minimum atomic E-state index is -0.849. The standard InChI is InChI=1S/C14H12N4O4/c19-11-2-1-5-18(11)10-4-3-8-7(15-10)6-9(22-8)12-13(20)17-14(21)16-12/h3-4,6,12H,1-2,5H2,(H2,16,17,20,21)/t12-/m0/s1. The summed E-state index contributed by atoms with van der Waals surface area (Å²) < 4.78 is 5.57. The molecule has 2 aliphatic rings. The summed E-state index contributed by atoms with van der Waals surface area (Å²) in [6.45, 7) is 0.656. The number of aromatic nitrogens is 1. The largest absolute Gasteiger partial charge is 0.457 e. The molecule has 0 spiro atoms. The van der Waals surface area contributed by atoms with Crippen LogP contribution in [0.5, 0.6) is 0 Å². The number of rotatable bonds is 2. The van der Waals surface area contributed by atoms with Crippen LogP contribution < -0.4 is 15.5 Å². The lowest BCUT2D eigenvalue weighted by molar-refractivity contribution is -0.120. The summed E-state index contributed by atoms with van der Waals surface area (Å²) in [4.78, 5) is 40.6. The van der Waals surface area contributed by atoms with Crippen LogP contribution in [-0.4, -0.2) is 29.4 Å². The van der Waals surface area contributed by atoms with Crippen LogP contribution in [0.2, 0.25) is 0 Å². The minimum absolute atomic E-state index is 0.0537. The highest BCUT2D eigenvalue weighted by molar-refractivity contribution is 6.04. The van der Waals surface area contributed by atoms with Crippen LogP contribution >= 0.6 is 0 Å². The lowest BCUT2D eigenvalue weighted by Gasteiger charge is -2.13. The molecule has 4 amide bonds. The zero-order chi connectivity index (χ0) is 15.3. The van der Waals surface area contributed by atoms with Gasteiger partial charge in [0.25, 0.3) is 5.91 Å². The molecule has 4 heterocycles. The molecule has 2 aromatic heterocycles. The van der Waals surface area contributed by atoms with Gasteiger partial charge in [0, 0.05) is 19.0 Å². The van der Waals surface area contributed by atoms with Gasteiger partial charge in [-0.2, -0.15) is 0 Å². The Labute approximate surface area is 124 Å². The molecule has 1 atom stereocenters. The van der Waals surface area contributed by atoms with Crippen molar-refractivity contribution in [1.82, 2.24) is 15.6 Å². The van der Waals surface area contributed by atoms with Gasteiger partial charge in [-0.05, 0) is 18.6 Å². The number of furan rings is 1. The number of pyridine rings is 1. The zero-order valence-corrected chi connectivity index (χ0v) is 11.5. The second kappa shape index (κ2) is 4.55. The van der Waals surface area contributed by atoms with E-state index in [1.54, 1.807) is 23.1 Å². The lowest BCUT2D eigenvalue weighted by atomic mass is 10.2. The molecule has 2 saturated heterocycles. The Morgan fingerprint density at radius 1 is 1.27 bits per heavy atom. The van der Waals surface area contributed by atoms with Crippen LogP contribution in [0.1, 0.15) is 24.6 Å². The number of hydrogen-bond donors (Lipinski definition) is 2. The molecular formula is C14H12N4O4. The Balaban J connectivity index is 1.71. The van der Waals surface area contributed by atoms with Gasteiger partial charge in [0.15, 0.2) is 11.6 Å². The molecule has 0 bridgehead atoms. The van der Waals surface area contributed by atoms with E-state index in [0.29, 0.717) is 35.6 Å². The molecule has 2 fully saturated rings. The average molecular weight is 300 g/mol. The molecule has 4 rings (SSSR count). The zero-order valence-electron chi connectivity index (χ0n) is 11.5. The number of anilines is 1. The fourth-order valence-electron chi connectivity index (χ4n) is 2.73. The van der Waals surface area contributed by atoms with E-state index in [-0.39, 0.29) is 5.91 Å². The third kappa shape index (κ3) is 1.92. The van der Waals surface area contributed by atoms with E-state index in [2.05, 4.69) is 15.6 Å². The topological polar surface area (TPSA) is 105 Å². The molecule has 22 heavy (non-hydrogen) atoms. The van der Waals surface area contributed by atoms with E-state index in [9.17, 15) is 14.4 Å². The Morgan fingerprint density at radius 2 is 2.14 bits per heavy atom. The second-order valence-corrected chi connectivity index (χ2v) is 5.25. The molecule has 0 saturated carbocycles. The first-order chi connectivity index (χ1) is 10.6. The average Bonchev–Trinajstić information content (AvgIpc) is 3.16. The molecule has 0 unspecified atom stereocenters. The first-order valence-electron chi connectivity index (χ1n) is 6.94. The highest BCUT2D eigenvalue weighted by atomic mass is 16.3. The summed E-state index contributed by atoms with van der Waals surface area (Å²) >= 11 is 0. The summed E-state index contributed by atoms with van der Waals surface area (Å²) in [7, 11) is 0. The molecule has 0 aliphatic carbocycles. The fraction of sp³-hybridized carbons (Fsp3) is 0.286.